The fourth-order valence-electron chi connectivity index (χ4n) is 1.08. The molecule has 0 bridgehead atoms. The molecule has 0 aliphatic rings. The van der Waals surface area contributed by atoms with Crippen molar-refractivity contribution in [3.05, 3.63) is 30.1 Å². The average Bonchev–Trinajstić information content (AvgIpc) is 2.18. The maximum Gasteiger partial charge on any atom is 0.149 e. The fraction of sp³-hybridized carbons (Fsp3) is 0.455. The monoisotopic (exact) mass is 308 g/mol. The number of ether oxygens (including phenoxy) is 1. The molecule has 0 saturated carbocycles. The van der Waals surface area contributed by atoms with Crippen molar-refractivity contribution in [3.8, 4) is 5.75 Å². The summed E-state index contributed by atoms with van der Waals surface area (Å²) in [6.45, 7) is 2.15. The van der Waals surface area contributed by atoms with Gasteiger partial charge in [-0.2, -0.15) is 0 Å². The molecule has 1 rings (SSSR count). The first kappa shape index (κ1) is 11.8. The molecule has 0 heterocycles. The Morgan fingerprint density at radius 3 is 2.57 bits per heavy atom. The van der Waals surface area contributed by atoms with E-state index in [1.54, 1.807) is 12.1 Å². The van der Waals surface area contributed by atoms with Gasteiger partial charge in [0.1, 0.15) is 15.7 Å². The van der Waals surface area contributed by atoms with Crippen LogP contribution in [0.15, 0.2) is 24.3 Å². The second-order valence-electron chi connectivity index (χ2n) is 3.12. The van der Waals surface area contributed by atoms with Gasteiger partial charge in [0.05, 0.1) is 0 Å². The Morgan fingerprint density at radius 2 is 2.00 bits per heavy atom. The third-order valence-electron chi connectivity index (χ3n) is 1.86. The Kier molecular flexibility index (Phi) is 5.22. The molecular weight excluding hydrogens is 294 g/mol. The van der Waals surface area contributed by atoms with Crippen LogP contribution in [0.4, 0.5) is 4.39 Å². The highest BCUT2D eigenvalue weighted by Crippen LogP contribution is 2.18. The van der Waals surface area contributed by atoms with Crippen LogP contribution in [0, 0.1) is 5.82 Å². The van der Waals surface area contributed by atoms with Gasteiger partial charge in [-0.15, -0.1) is 0 Å². The maximum absolute atomic E-state index is 12.6. The highest BCUT2D eigenvalue weighted by molar-refractivity contribution is 14.1. The quantitative estimate of drug-likeness (QED) is 0.586. The third-order valence-corrected chi connectivity index (χ3v) is 2.74. The molecule has 0 aliphatic carbocycles. The van der Waals surface area contributed by atoms with E-state index in [0.717, 1.165) is 18.6 Å². The van der Waals surface area contributed by atoms with E-state index < -0.39 is 0 Å². The normalized spacial score (nSPS) is 12.5. The molecular formula is C11H14FIO. The minimum atomic E-state index is -0.226. The van der Waals surface area contributed by atoms with Crippen molar-refractivity contribution in [2.24, 2.45) is 0 Å². The zero-order chi connectivity index (χ0) is 10.4. The highest BCUT2D eigenvalue weighted by Gasteiger charge is 2.04. The number of rotatable bonds is 5. The van der Waals surface area contributed by atoms with Gasteiger partial charge in [-0.3, -0.25) is 0 Å². The summed E-state index contributed by atoms with van der Waals surface area (Å²) in [5.74, 6) is 0.512. The van der Waals surface area contributed by atoms with E-state index in [1.807, 2.05) is 0 Å². The Bertz CT molecular complexity index is 260. The second kappa shape index (κ2) is 6.22. The number of halogens is 2. The van der Waals surface area contributed by atoms with Gasteiger partial charge in [0.2, 0.25) is 0 Å². The molecule has 14 heavy (non-hydrogen) atoms. The third kappa shape index (κ3) is 4.26. The first-order chi connectivity index (χ1) is 6.72. The second-order valence-corrected chi connectivity index (χ2v) is 4.51. The molecule has 0 radical (unpaired) electrons. The molecule has 0 aromatic heterocycles. The zero-order valence-electron chi connectivity index (χ0n) is 8.17. The lowest BCUT2D eigenvalue weighted by molar-refractivity contribution is 0.287. The van der Waals surface area contributed by atoms with Crippen LogP contribution in [0.2, 0.25) is 0 Å². The molecule has 1 aromatic rings. The van der Waals surface area contributed by atoms with Crippen molar-refractivity contribution in [1.82, 2.24) is 0 Å². The van der Waals surface area contributed by atoms with E-state index in [9.17, 15) is 4.39 Å². The predicted octanol–water partition coefficient (Wildman–Crippen LogP) is 4.16. The van der Waals surface area contributed by atoms with E-state index in [-0.39, 0.29) is 9.93 Å². The maximum atomic E-state index is 12.6. The van der Waals surface area contributed by atoms with Gasteiger partial charge in [0.15, 0.2) is 0 Å². The Morgan fingerprint density at radius 1 is 1.36 bits per heavy atom. The van der Waals surface area contributed by atoms with Crippen LogP contribution in [-0.4, -0.2) is 4.11 Å². The summed E-state index contributed by atoms with van der Waals surface area (Å²) >= 11 is 2.26. The summed E-state index contributed by atoms with van der Waals surface area (Å²) < 4.78 is 18.3. The van der Waals surface area contributed by atoms with E-state index in [2.05, 4.69) is 29.5 Å². The first-order valence-corrected chi connectivity index (χ1v) is 6.03. The number of benzene rings is 1. The van der Waals surface area contributed by atoms with Crippen molar-refractivity contribution in [1.29, 1.82) is 0 Å². The summed E-state index contributed by atoms with van der Waals surface area (Å²) in [6, 6.07) is 6.15. The van der Waals surface area contributed by atoms with Crippen LogP contribution in [-0.2, 0) is 0 Å². The van der Waals surface area contributed by atoms with E-state index >= 15 is 0 Å². The van der Waals surface area contributed by atoms with Gasteiger partial charge in [-0.1, -0.05) is 13.3 Å². The molecule has 78 valence electrons. The molecule has 0 spiro atoms. The van der Waals surface area contributed by atoms with Gasteiger partial charge >= 0.3 is 0 Å². The fourth-order valence-corrected chi connectivity index (χ4v) is 1.82. The number of alkyl halides is 1. The predicted molar refractivity (Wildman–Crippen MR) is 64.4 cm³/mol. The summed E-state index contributed by atoms with van der Waals surface area (Å²) in [7, 11) is 0. The summed E-state index contributed by atoms with van der Waals surface area (Å²) in [6.07, 6.45) is 3.37. The molecule has 3 heteroatoms. The molecule has 0 amide bonds. The van der Waals surface area contributed by atoms with Crippen molar-refractivity contribution < 1.29 is 9.13 Å². The van der Waals surface area contributed by atoms with Gasteiger partial charge in [-0.25, -0.2) is 4.39 Å². The molecule has 1 nitrogen and oxygen atoms in total. The van der Waals surface area contributed by atoms with Crippen LogP contribution in [0.25, 0.3) is 0 Å². The van der Waals surface area contributed by atoms with E-state index in [0.29, 0.717) is 0 Å². The van der Waals surface area contributed by atoms with Crippen LogP contribution in [0.5, 0.6) is 5.75 Å². The van der Waals surface area contributed by atoms with Crippen LogP contribution in [0.1, 0.15) is 26.2 Å². The van der Waals surface area contributed by atoms with Crippen molar-refractivity contribution in [3.63, 3.8) is 0 Å². The van der Waals surface area contributed by atoms with E-state index in [1.165, 1.54) is 18.6 Å². The van der Waals surface area contributed by atoms with Crippen molar-refractivity contribution >= 4 is 22.6 Å². The zero-order valence-corrected chi connectivity index (χ0v) is 10.3. The summed E-state index contributed by atoms with van der Waals surface area (Å²) in [4.78, 5) is 0. The van der Waals surface area contributed by atoms with Gasteiger partial charge < -0.3 is 4.74 Å². The Labute approximate surface area is 97.8 Å². The first-order valence-electron chi connectivity index (χ1n) is 4.78. The standard InChI is InChI=1S/C11H14FIO/c1-2-3-4-11(13)14-10-7-5-9(12)6-8-10/h5-8,11H,2-4H2,1H3. The summed E-state index contributed by atoms with van der Waals surface area (Å²) in [5, 5.41) is 0. The van der Waals surface area contributed by atoms with Crippen LogP contribution >= 0.6 is 22.6 Å². The number of hydrogen-bond donors (Lipinski definition) is 0. The van der Waals surface area contributed by atoms with Crippen molar-refractivity contribution in [2.45, 2.75) is 30.3 Å². The number of hydrogen-bond acceptors (Lipinski definition) is 1. The SMILES string of the molecule is CCCCC(I)Oc1ccc(F)cc1. The summed E-state index contributed by atoms with van der Waals surface area (Å²) in [5.41, 5.74) is 0. The molecule has 0 N–H and O–H groups in total. The highest BCUT2D eigenvalue weighted by atomic mass is 127. The van der Waals surface area contributed by atoms with Gasteiger partial charge in [0, 0.05) is 0 Å². The molecule has 1 atom stereocenters. The molecule has 0 saturated heterocycles. The van der Waals surface area contributed by atoms with E-state index in [4.69, 9.17) is 4.74 Å². The minimum Gasteiger partial charge on any atom is -0.480 e. The minimum absolute atomic E-state index is 0.179. The van der Waals surface area contributed by atoms with Crippen LogP contribution in [0.3, 0.4) is 0 Å². The smallest absolute Gasteiger partial charge is 0.149 e. The van der Waals surface area contributed by atoms with Crippen LogP contribution < -0.4 is 4.74 Å². The lowest BCUT2D eigenvalue weighted by atomic mass is 10.3. The average molecular weight is 308 g/mol. The van der Waals surface area contributed by atoms with Gasteiger partial charge in [0.25, 0.3) is 0 Å². The Hall–Kier alpha value is -0.320. The van der Waals surface area contributed by atoms with Crippen molar-refractivity contribution in [2.75, 3.05) is 0 Å². The topological polar surface area (TPSA) is 9.23 Å². The Balaban J connectivity index is 2.39. The largest absolute Gasteiger partial charge is 0.480 e. The lowest BCUT2D eigenvalue weighted by Gasteiger charge is -2.12. The molecule has 1 aromatic carbocycles. The number of unbranched alkanes of at least 4 members (excludes halogenated alkanes) is 1. The molecule has 0 aliphatic heterocycles. The van der Waals surface area contributed by atoms with Gasteiger partial charge in [-0.05, 0) is 59.7 Å². The molecule has 1 unspecified atom stereocenters. The molecule has 0 fully saturated rings. The lowest BCUT2D eigenvalue weighted by Crippen LogP contribution is -2.07.